The minimum absolute atomic E-state index is 0.518. The van der Waals surface area contributed by atoms with E-state index in [9.17, 15) is 4.79 Å². The Morgan fingerprint density at radius 2 is 2.17 bits per heavy atom. The van der Waals surface area contributed by atoms with Crippen LogP contribution in [-0.4, -0.2) is 6.29 Å². The average Bonchev–Trinajstić information content (AvgIpc) is 2.07. The second-order valence-corrected chi connectivity index (χ2v) is 2.68. The lowest BCUT2D eigenvalue weighted by Crippen LogP contribution is -1.86. The minimum Gasteiger partial charge on any atom is -0.398 e. The van der Waals surface area contributed by atoms with Gasteiger partial charge in [0, 0.05) is 0 Å². The number of hydrogen-bond acceptors (Lipinski definition) is 2. The van der Waals surface area contributed by atoms with Crippen molar-refractivity contribution in [1.82, 2.24) is 0 Å². The van der Waals surface area contributed by atoms with Crippen molar-refractivity contribution < 1.29 is 4.79 Å². The van der Waals surface area contributed by atoms with E-state index < -0.39 is 0 Å². The van der Waals surface area contributed by atoms with Crippen LogP contribution < -0.4 is 5.73 Å². The Morgan fingerprint density at radius 3 is 2.75 bits per heavy atom. The first-order chi connectivity index (χ1) is 5.74. The molecule has 0 heterocycles. The summed E-state index contributed by atoms with van der Waals surface area (Å²) < 4.78 is 0. The van der Waals surface area contributed by atoms with Crippen LogP contribution in [0, 0.1) is 0 Å². The van der Waals surface area contributed by atoms with Crippen molar-refractivity contribution in [2.24, 2.45) is 0 Å². The molecule has 0 radical (unpaired) electrons. The van der Waals surface area contributed by atoms with Gasteiger partial charge in [-0.1, -0.05) is 23.7 Å². The van der Waals surface area contributed by atoms with Gasteiger partial charge in [0.1, 0.15) is 6.29 Å². The minimum atomic E-state index is 0.518. The van der Waals surface area contributed by atoms with Gasteiger partial charge in [0.05, 0.1) is 10.7 Å². The van der Waals surface area contributed by atoms with Gasteiger partial charge in [0.2, 0.25) is 0 Å². The molecule has 1 rings (SSSR count). The van der Waals surface area contributed by atoms with E-state index in [-0.39, 0.29) is 0 Å². The first-order valence-electron chi connectivity index (χ1n) is 3.41. The van der Waals surface area contributed by atoms with Crippen LogP contribution in [0.3, 0.4) is 0 Å². The molecule has 3 heteroatoms. The zero-order chi connectivity index (χ0) is 8.97. The van der Waals surface area contributed by atoms with Crippen molar-refractivity contribution in [1.29, 1.82) is 0 Å². The van der Waals surface area contributed by atoms with Gasteiger partial charge in [-0.2, -0.15) is 0 Å². The molecule has 12 heavy (non-hydrogen) atoms. The summed E-state index contributed by atoms with van der Waals surface area (Å²) >= 11 is 5.70. The number of nitrogen functional groups attached to an aromatic ring is 1. The van der Waals surface area contributed by atoms with Gasteiger partial charge < -0.3 is 5.73 Å². The van der Waals surface area contributed by atoms with Gasteiger partial charge in [-0.3, -0.25) is 4.79 Å². The summed E-state index contributed by atoms with van der Waals surface area (Å²) in [5, 5.41) is 0.526. The van der Waals surface area contributed by atoms with E-state index in [2.05, 4.69) is 0 Å². The molecule has 1 aromatic rings. The highest BCUT2D eigenvalue weighted by atomic mass is 35.5. The number of carbonyl (C=O) groups excluding carboxylic acids is 1. The topological polar surface area (TPSA) is 43.1 Å². The summed E-state index contributed by atoms with van der Waals surface area (Å²) in [5.41, 5.74) is 6.92. The lowest BCUT2D eigenvalue weighted by atomic mass is 10.2. The standard InChI is InChI=1S/C9H8ClNO/c10-8-4-3-7(2-1-5-12)6-9(8)11/h1-6H,11H2. The molecule has 0 saturated heterocycles. The molecular formula is C9H8ClNO. The quantitative estimate of drug-likeness (QED) is 0.432. The summed E-state index contributed by atoms with van der Waals surface area (Å²) in [4.78, 5) is 9.99. The van der Waals surface area contributed by atoms with Crippen LogP contribution in [0.2, 0.25) is 5.02 Å². The highest BCUT2D eigenvalue weighted by Gasteiger charge is 1.94. The van der Waals surface area contributed by atoms with Gasteiger partial charge in [0.25, 0.3) is 0 Å². The van der Waals surface area contributed by atoms with Crippen LogP contribution in [0.4, 0.5) is 5.69 Å². The normalized spacial score (nSPS) is 10.4. The maximum absolute atomic E-state index is 9.99. The number of aldehydes is 1. The Kier molecular flexibility index (Phi) is 2.88. The van der Waals surface area contributed by atoms with E-state index >= 15 is 0 Å². The highest BCUT2D eigenvalue weighted by Crippen LogP contribution is 2.19. The molecular weight excluding hydrogens is 174 g/mol. The second-order valence-electron chi connectivity index (χ2n) is 2.28. The van der Waals surface area contributed by atoms with Gasteiger partial charge in [-0.05, 0) is 23.8 Å². The Balaban J connectivity index is 2.96. The molecule has 0 bridgehead atoms. The molecule has 2 nitrogen and oxygen atoms in total. The number of anilines is 1. The lowest BCUT2D eigenvalue weighted by molar-refractivity contribution is -0.104. The number of rotatable bonds is 2. The van der Waals surface area contributed by atoms with Crippen molar-refractivity contribution in [3.05, 3.63) is 34.9 Å². The molecule has 2 N–H and O–H groups in total. The molecule has 0 spiro atoms. The molecule has 0 fully saturated rings. The summed E-state index contributed by atoms with van der Waals surface area (Å²) in [6, 6.07) is 5.20. The van der Waals surface area contributed by atoms with Crippen molar-refractivity contribution in [3.8, 4) is 0 Å². The second kappa shape index (κ2) is 3.93. The van der Waals surface area contributed by atoms with E-state index in [1.54, 1.807) is 24.3 Å². The lowest BCUT2D eigenvalue weighted by Gasteiger charge is -1.97. The summed E-state index contributed by atoms with van der Waals surface area (Å²) in [7, 11) is 0. The average molecular weight is 182 g/mol. The Morgan fingerprint density at radius 1 is 1.42 bits per heavy atom. The SMILES string of the molecule is Nc1cc(C=CC=O)ccc1Cl. The molecule has 0 amide bonds. The molecule has 62 valence electrons. The molecule has 0 aliphatic rings. The van der Waals surface area contributed by atoms with Crippen LogP contribution in [0.1, 0.15) is 5.56 Å². The monoisotopic (exact) mass is 181 g/mol. The third-order valence-electron chi connectivity index (χ3n) is 1.39. The zero-order valence-corrected chi connectivity index (χ0v) is 7.08. The fraction of sp³-hybridized carbons (Fsp3) is 0. The van der Waals surface area contributed by atoms with Gasteiger partial charge in [-0.25, -0.2) is 0 Å². The third kappa shape index (κ3) is 2.10. The summed E-state index contributed by atoms with van der Waals surface area (Å²) in [6.45, 7) is 0. The maximum atomic E-state index is 9.99. The van der Waals surface area contributed by atoms with Crippen LogP contribution in [-0.2, 0) is 4.79 Å². The third-order valence-corrected chi connectivity index (χ3v) is 1.73. The molecule has 0 aromatic heterocycles. The van der Waals surface area contributed by atoms with E-state index in [0.29, 0.717) is 17.0 Å². The highest BCUT2D eigenvalue weighted by molar-refractivity contribution is 6.33. The van der Waals surface area contributed by atoms with Crippen LogP contribution >= 0.6 is 11.6 Å². The number of nitrogens with two attached hydrogens (primary N) is 1. The first-order valence-corrected chi connectivity index (χ1v) is 3.78. The number of halogens is 1. The number of allylic oxidation sites excluding steroid dienone is 1. The predicted molar refractivity (Wildman–Crippen MR) is 51.0 cm³/mol. The van der Waals surface area contributed by atoms with Crippen molar-refractivity contribution in [2.75, 3.05) is 5.73 Å². The summed E-state index contributed by atoms with van der Waals surface area (Å²) in [5.74, 6) is 0. The van der Waals surface area contributed by atoms with Crippen molar-refractivity contribution >= 4 is 29.7 Å². The van der Waals surface area contributed by atoms with Gasteiger partial charge in [-0.15, -0.1) is 0 Å². The molecule has 0 unspecified atom stereocenters. The van der Waals surface area contributed by atoms with Crippen molar-refractivity contribution in [2.45, 2.75) is 0 Å². The van der Waals surface area contributed by atoms with Gasteiger partial charge >= 0.3 is 0 Å². The van der Waals surface area contributed by atoms with Gasteiger partial charge in [0.15, 0.2) is 0 Å². The van der Waals surface area contributed by atoms with Crippen LogP contribution in [0.15, 0.2) is 24.3 Å². The smallest absolute Gasteiger partial charge is 0.142 e. The number of benzene rings is 1. The fourth-order valence-electron chi connectivity index (χ4n) is 0.816. The first kappa shape index (κ1) is 8.81. The zero-order valence-electron chi connectivity index (χ0n) is 6.33. The largest absolute Gasteiger partial charge is 0.398 e. The Bertz CT molecular complexity index is 320. The van der Waals surface area contributed by atoms with E-state index in [0.717, 1.165) is 5.56 Å². The number of hydrogen-bond donors (Lipinski definition) is 1. The molecule has 0 aliphatic heterocycles. The fourth-order valence-corrected chi connectivity index (χ4v) is 0.934. The molecule has 1 aromatic carbocycles. The maximum Gasteiger partial charge on any atom is 0.142 e. The number of carbonyl (C=O) groups is 1. The predicted octanol–water partition coefficient (Wildman–Crippen LogP) is 2.13. The van der Waals surface area contributed by atoms with E-state index in [1.807, 2.05) is 0 Å². The molecule has 0 saturated carbocycles. The van der Waals surface area contributed by atoms with Crippen LogP contribution in [0.25, 0.3) is 6.08 Å². The van der Waals surface area contributed by atoms with E-state index in [4.69, 9.17) is 17.3 Å². The molecule has 0 aliphatic carbocycles. The Labute approximate surface area is 75.6 Å². The van der Waals surface area contributed by atoms with Crippen LogP contribution in [0.5, 0.6) is 0 Å². The summed E-state index contributed by atoms with van der Waals surface area (Å²) in [6.07, 6.45) is 3.78. The van der Waals surface area contributed by atoms with E-state index in [1.165, 1.54) is 6.08 Å². The van der Waals surface area contributed by atoms with Crippen molar-refractivity contribution in [3.63, 3.8) is 0 Å². The Hall–Kier alpha value is -1.28. The molecule has 0 atom stereocenters.